The topological polar surface area (TPSA) is 41.5 Å². The predicted octanol–water partition coefficient (Wildman–Crippen LogP) is 4.31. The minimum absolute atomic E-state index is 0.0935. The zero-order valence-electron chi connectivity index (χ0n) is 13.1. The third-order valence-corrected chi connectivity index (χ3v) is 3.46. The second-order valence-corrected chi connectivity index (χ2v) is 6.16. The van der Waals surface area contributed by atoms with E-state index in [0.717, 1.165) is 11.3 Å². The molecule has 0 saturated heterocycles. The Hall–Kier alpha value is -2.16. The van der Waals surface area contributed by atoms with Gasteiger partial charge in [-0.15, -0.1) is 0 Å². The third kappa shape index (κ3) is 3.69. The molecule has 0 saturated carbocycles. The molecule has 2 rings (SSSR count). The van der Waals surface area contributed by atoms with Crippen LogP contribution in [0.1, 0.15) is 31.9 Å². The van der Waals surface area contributed by atoms with Crippen molar-refractivity contribution in [3.63, 3.8) is 0 Å². The van der Waals surface area contributed by atoms with Crippen LogP contribution in [0.25, 0.3) is 0 Å². The molecular formula is C18H23NO2. The summed E-state index contributed by atoms with van der Waals surface area (Å²) in [5.74, 6) is 0.662. The maximum Gasteiger partial charge on any atom is 0.160 e. The van der Waals surface area contributed by atoms with E-state index < -0.39 is 0 Å². The average Bonchev–Trinajstić information content (AvgIpc) is 2.45. The lowest BCUT2D eigenvalue weighted by atomic mass is 9.86. The predicted molar refractivity (Wildman–Crippen MR) is 87.1 cm³/mol. The summed E-state index contributed by atoms with van der Waals surface area (Å²) in [7, 11) is 1.56. The quantitative estimate of drug-likeness (QED) is 0.879. The number of aromatic hydroxyl groups is 1. The number of benzene rings is 2. The van der Waals surface area contributed by atoms with Crippen molar-refractivity contribution in [2.24, 2.45) is 0 Å². The first-order chi connectivity index (χ1) is 9.91. The number of anilines is 1. The molecule has 0 aromatic heterocycles. The zero-order chi connectivity index (χ0) is 15.5. The number of hydrogen-bond acceptors (Lipinski definition) is 3. The van der Waals surface area contributed by atoms with Crippen LogP contribution >= 0.6 is 0 Å². The number of phenolic OH excluding ortho intramolecular Hbond substituents is 1. The van der Waals surface area contributed by atoms with Crippen molar-refractivity contribution in [3.8, 4) is 11.5 Å². The average molecular weight is 285 g/mol. The Kier molecular flexibility index (Phi) is 4.41. The lowest BCUT2D eigenvalue weighted by Gasteiger charge is -2.23. The van der Waals surface area contributed by atoms with Crippen LogP contribution in [0.4, 0.5) is 5.69 Å². The molecule has 112 valence electrons. The minimum atomic E-state index is 0.0935. The van der Waals surface area contributed by atoms with E-state index in [-0.39, 0.29) is 11.2 Å². The number of ether oxygens (including phenoxy) is 1. The number of methoxy groups -OCH3 is 1. The zero-order valence-corrected chi connectivity index (χ0v) is 13.1. The third-order valence-electron chi connectivity index (χ3n) is 3.46. The van der Waals surface area contributed by atoms with Gasteiger partial charge in [0.1, 0.15) is 0 Å². The number of para-hydroxylation sites is 1. The normalized spacial score (nSPS) is 11.2. The molecule has 0 aliphatic carbocycles. The molecular weight excluding hydrogens is 262 g/mol. The van der Waals surface area contributed by atoms with Gasteiger partial charge in [-0.05, 0) is 34.7 Å². The minimum Gasteiger partial charge on any atom is -0.504 e. The second-order valence-electron chi connectivity index (χ2n) is 6.16. The maximum absolute atomic E-state index is 9.63. The molecule has 3 nitrogen and oxygen atoms in total. The van der Waals surface area contributed by atoms with Gasteiger partial charge in [0.25, 0.3) is 0 Å². The number of nitrogens with one attached hydrogen (secondary N) is 1. The van der Waals surface area contributed by atoms with E-state index in [9.17, 15) is 5.11 Å². The molecule has 2 aromatic rings. The molecule has 2 aromatic carbocycles. The highest BCUT2D eigenvalue weighted by Crippen LogP contribution is 2.30. The van der Waals surface area contributed by atoms with E-state index in [1.807, 2.05) is 18.2 Å². The second kappa shape index (κ2) is 6.08. The number of hydrogen-bond donors (Lipinski definition) is 2. The lowest BCUT2D eigenvalue weighted by Crippen LogP contribution is -2.14. The molecule has 0 heterocycles. The monoisotopic (exact) mass is 285 g/mol. The van der Waals surface area contributed by atoms with E-state index in [4.69, 9.17) is 4.74 Å². The molecule has 0 aliphatic rings. The van der Waals surface area contributed by atoms with Crippen LogP contribution < -0.4 is 10.1 Å². The molecule has 0 atom stereocenters. The highest BCUT2D eigenvalue weighted by molar-refractivity contribution is 5.54. The Morgan fingerprint density at radius 3 is 2.48 bits per heavy atom. The van der Waals surface area contributed by atoms with Crippen molar-refractivity contribution in [2.75, 3.05) is 12.4 Å². The molecule has 0 amide bonds. The fourth-order valence-electron chi connectivity index (χ4n) is 2.32. The van der Waals surface area contributed by atoms with Crippen molar-refractivity contribution < 1.29 is 9.84 Å². The summed E-state index contributed by atoms with van der Waals surface area (Å²) in [5.41, 5.74) is 3.58. The van der Waals surface area contributed by atoms with Crippen molar-refractivity contribution in [2.45, 2.75) is 32.7 Å². The summed E-state index contributed by atoms with van der Waals surface area (Å²) < 4.78 is 5.14. The van der Waals surface area contributed by atoms with Crippen LogP contribution in [0.3, 0.4) is 0 Å². The maximum atomic E-state index is 9.63. The largest absolute Gasteiger partial charge is 0.504 e. The van der Waals surface area contributed by atoms with Crippen molar-refractivity contribution in [1.29, 1.82) is 0 Å². The van der Waals surface area contributed by atoms with Gasteiger partial charge < -0.3 is 15.2 Å². The van der Waals surface area contributed by atoms with Gasteiger partial charge in [0.2, 0.25) is 0 Å². The number of rotatable bonds is 4. The summed E-state index contributed by atoms with van der Waals surface area (Å²) in [4.78, 5) is 0. The highest BCUT2D eigenvalue weighted by Gasteiger charge is 2.17. The standard InChI is InChI=1S/C18H23NO2/c1-18(2,3)14-7-5-6-8-15(14)19-12-13-9-10-16(20)17(11-13)21-4/h5-11,19-20H,12H2,1-4H3. The number of phenols is 1. The molecule has 3 heteroatoms. The molecule has 21 heavy (non-hydrogen) atoms. The molecule has 0 aliphatic heterocycles. The molecule has 0 spiro atoms. The van der Waals surface area contributed by atoms with Crippen LogP contribution in [-0.2, 0) is 12.0 Å². The smallest absolute Gasteiger partial charge is 0.160 e. The van der Waals surface area contributed by atoms with Crippen LogP contribution in [0.2, 0.25) is 0 Å². The lowest BCUT2D eigenvalue weighted by molar-refractivity contribution is 0.373. The first-order valence-electron chi connectivity index (χ1n) is 7.11. The Balaban J connectivity index is 2.17. The fraction of sp³-hybridized carbons (Fsp3) is 0.333. The molecule has 0 bridgehead atoms. The Labute approximate surface area is 126 Å². The van der Waals surface area contributed by atoms with Crippen LogP contribution in [0, 0.1) is 0 Å². The van der Waals surface area contributed by atoms with Gasteiger partial charge in [-0.25, -0.2) is 0 Å². The van der Waals surface area contributed by atoms with E-state index in [2.05, 4.69) is 44.3 Å². The summed E-state index contributed by atoms with van der Waals surface area (Å²) in [6, 6.07) is 13.8. The molecule has 2 N–H and O–H groups in total. The van der Waals surface area contributed by atoms with Crippen LogP contribution in [0.5, 0.6) is 11.5 Å². The SMILES string of the molecule is COc1cc(CNc2ccccc2C(C)(C)C)ccc1O. The van der Waals surface area contributed by atoms with Crippen molar-refractivity contribution in [1.82, 2.24) is 0 Å². The first-order valence-corrected chi connectivity index (χ1v) is 7.11. The van der Waals surface area contributed by atoms with Gasteiger partial charge in [-0.1, -0.05) is 45.0 Å². The van der Waals surface area contributed by atoms with Gasteiger partial charge in [-0.3, -0.25) is 0 Å². The van der Waals surface area contributed by atoms with Crippen molar-refractivity contribution >= 4 is 5.69 Å². The van der Waals surface area contributed by atoms with Crippen LogP contribution in [-0.4, -0.2) is 12.2 Å². The van der Waals surface area contributed by atoms with Gasteiger partial charge in [0, 0.05) is 12.2 Å². The van der Waals surface area contributed by atoms with Gasteiger partial charge in [-0.2, -0.15) is 0 Å². The summed E-state index contributed by atoms with van der Waals surface area (Å²) in [6.07, 6.45) is 0. The molecule has 0 fully saturated rings. The fourth-order valence-corrected chi connectivity index (χ4v) is 2.32. The molecule has 0 unspecified atom stereocenters. The Morgan fingerprint density at radius 1 is 1.10 bits per heavy atom. The van der Waals surface area contributed by atoms with E-state index in [1.54, 1.807) is 13.2 Å². The Bertz CT molecular complexity index is 615. The van der Waals surface area contributed by atoms with E-state index in [1.165, 1.54) is 5.56 Å². The van der Waals surface area contributed by atoms with Crippen molar-refractivity contribution in [3.05, 3.63) is 53.6 Å². The summed E-state index contributed by atoms with van der Waals surface area (Å²) in [5, 5.41) is 13.1. The summed E-state index contributed by atoms with van der Waals surface area (Å²) in [6.45, 7) is 7.30. The first kappa shape index (κ1) is 15.2. The highest BCUT2D eigenvalue weighted by atomic mass is 16.5. The molecule has 0 radical (unpaired) electrons. The Morgan fingerprint density at radius 2 is 1.81 bits per heavy atom. The summed E-state index contributed by atoms with van der Waals surface area (Å²) >= 11 is 0. The van der Waals surface area contributed by atoms with Gasteiger partial charge in [0.15, 0.2) is 11.5 Å². The van der Waals surface area contributed by atoms with Crippen LogP contribution in [0.15, 0.2) is 42.5 Å². The van der Waals surface area contributed by atoms with Gasteiger partial charge in [0.05, 0.1) is 7.11 Å². The van der Waals surface area contributed by atoms with E-state index in [0.29, 0.717) is 12.3 Å². The van der Waals surface area contributed by atoms with E-state index >= 15 is 0 Å². The van der Waals surface area contributed by atoms with Gasteiger partial charge >= 0.3 is 0 Å².